The van der Waals surface area contributed by atoms with E-state index in [9.17, 15) is 9.18 Å². The van der Waals surface area contributed by atoms with Gasteiger partial charge in [0.15, 0.2) is 0 Å². The summed E-state index contributed by atoms with van der Waals surface area (Å²) in [6, 6.07) is 6.35. The van der Waals surface area contributed by atoms with Crippen molar-refractivity contribution in [2.75, 3.05) is 6.61 Å². The number of hydrogen-bond acceptors (Lipinski definition) is 2. The lowest BCUT2D eigenvalue weighted by atomic mass is 10.1. The molecule has 3 nitrogen and oxygen atoms in total. The zero-order valence-electron chi connectivity index (χ0n) is 9.67. The minimum absolute atomic E-state index is 0.310. The highest BCUT2D eigenvalue weighted by Crippen LogP contribution is 2.27. The van der Waals surface area contributed by atoms with Gasteiger partial charge >= 0.3 is 5.97 Å². The van der Waals surface area contributed by atoms with Gasteiger partial charge in [-0.05, 0) is 46.6 Å². The number of rotatable bonds is 3. The Labute approximate surface area is 112 Å². The van der Waals surface area contributed by atoms with E-state index >= 15 is 0 Å². The monoisotopic (exact) mass is 311 g/mol. The molecule has 0 fully saturated rings. The minimum atomic E-state index is -0.419. The van der Waals surface area contributed by atoms with E-state index in [4.69, 9.17) is 4.74 Å². The summed E-state index contributed by atoms with van der Waals surface area (Å²) in [4.78, 5) is 14.6. The van der Waals surface area contributed by atoms with Crippen molar-refractivity contribution in [1.82, 2.24) is 4.98 Å². The Kier molecular flexibility index (Phi) is 3.81. The molecule has 1 N–H and O–H groups in total. The Balaban J connectivity index is 2.42. The number of benzene rings is 1. The normalized spacial score (nSPS) is 10.4. The van der Waals surface area contributed by atoms with Gasteiger partial charge in [0, 0.05) is 11.8 Å². The van der Waals surface area contributed by atoms with Crippen molar-refractivity contribution in [3.8, 4) is 11.1 Å². The Bertz CT molecular complexity index is 580. The highest BCUT2D eigenvalue weighted by molar-refractivity contribution is 9.10. The summed E-state index contributed by atoms with van der Waals surface area (Å²) in [6.45, 7) is 2.05. The van der Waals surface area contributed by atoms with Gasteiger partial charge in [-0.1, -0.05) is 6.07 Å². The number of aromatic amines is 1. The van der Waals surface area contributed by atoms with Crippen LogP contribution in [-0.4, -0.2) is 17.6 Å². The van der Waals surface area contributed by atoms with Crippen LogP contribution in [0, 0.1) is 5.82 Å². The quantitative estimate of drug-likeness (QED) is 0.877. The van der Waals surface area contributed by atoms with Crippen molar-refractivity contribution < 1.29 is 13.9 Å². The Morgan fingerprint density at radius 1 is 1.44 bits per heavy atom. The number of halogens is 2. The standard InChI is InChI=1S/C13H11BrFNO2/c1-2-18-13(17)12-9(5-6-16-12)8-3-4-11(15)10(14)7-8/h3-7,16H,2H2,1H3. The first-order valence-corrected chi connectivity index (χ1v) is 6.22. The number of esters is 1. The second kappa shape index (κ2) is 5.35. The van der Waals surface area contributed by atoms with Gasteiger partial charge in [0.1, 0.15) is 11.5 Å². The molecule has 0 aliphatic carbocycles. The van der Waals surface area contributed by atoms with Gasteiger partial charge in [-0.25, -0.2) is 9.18 Å². The highest BCUT2D eigenvalue weighted by Gasteiger charge is 2.15. The summed E-state index contributed by atoms with van der Waals surface area (Å²) >= 11 is 3.12. The van der Waals surface area contributed by atoms with Crippen molar-refractivity contribution >= 4 is 21.9 Å². The molecule has 0 aliphatic rings. The van der Waals surface area contributed by atoms with Crippen molar-refractivity contribution in [3.05, 3.63) is 46.4 Å². The smallest absolute Gasteiger partial charge is 0.355 e. The van der Waals surface area contributed by atoms with E-state index in [1.165, 1.54) is 6.07 Å². The molecule has 0 saturated heterocycles. The summed E-state index contributed by atoms with van der Waals surface area (Å²) in [7, 11) is 0. The van der Waals surface area contributed by atoms with E-state index in [2.05, 4.69) is 20.9 Å². The first-order valence-electron chi connectivity index (χ1n) is 5.43. The third-order valence-electron chi connectivity index (χ3n) is 2.46. The molecule has 1 heterocycles. The van der Waals surface area contributed by atoms with Gasteiger partial charge in [-0.3, -0.25) is 0 Å². The van der Waals surface area contributed by atoms with Crippen molar-refractivity contribution in [1.29, 1.82) is 0 Å². The molecular weight excluding hydrogens is 301 g/mol. The third kappa shape index (κ3) is 2.46. The molecular formula is C13H11BrFNO2. The average Bonchev–Trinajstić information content (AvgIpc) is 2.82. The minimum Gasteiger partial charge on any atom is -0.461 e. The molecule has 2 rings (SSSR count). The predicted octanol–water partition coefficient (Wildman–Crippen LogP) is 3.76. The van der Waals surface area contributed by atoms with Gasteiger partial charge in [-0.2, -0.15) is 0 Å². The van der Waals surface area contributed by atoms with Crippen LogP contribution in [0.2, 0.25) is 0 Å². The molecule has 18 heavy (non-hydrogen) atoms. The van der Waals surface area contributed by atoms with Crippen LogP contribution in [-0.2, 0) is 4.74 Å². The van der Waals surface area contributed by atoms with Crippen LogP contribution < -0.4 is 0 Å². The van der Waals surface area contributed by atoms with Gasteiger partial charge in [0.2, 0.25) is 0 Å². The third-order valence-corrected chi connectivity index (χ3v) is 3.06. The maximum atomic E-state index is 13.2. The predicted molar refractivity (Wildman–Crippen MR) is 69.8 cm³/mol. The summed E-state index contributed by atoms with van der Waals surface area (Å²) in [6.07, 6.45) is 1.65. The fourth-order valence-corrected chi connectivity index (χ4v) is 2.02. The van der Waals surface area contributed by atoms with Crippen LogP contribution in [0.4, 0.5) is 4.39 Å². The van der Waals surface area contributed by atoms with Gasteiger partial charge in [0.05, 0.1) is 11.1 Å². The molecule has 0 bridgehead atoms. The second-order valence-corrected chi connectivity index (χ2v) is 4.47. The fraction of sp³-hybridized carbons (Fsp3) is 0.154. The Morgan fingerprint density at radius 3 is 2.89 bits per heavy atom. The topological polar surface area (TPSA) is 42.1 Å². The van der Waals surface area contributed by atoms with Crippen LogP contribution in [0.1, 0.15) is 17.4 Å². The molecule has 0 radical (unpaired) electrons. The number of aromatic nitrogens is 1. The average molecular weight is 312 g/mol. The van der Waals surface area contributed by atoms with Crippen LogP contribution in [0.25, 0.3) is 11.1 Å². The first-order chi connectivity index (χ1) is 8.63. The lowest BCUT2D eigenvalue weighted by molar-refractivity contribution is 0.0521. The number of carbonyl (C=O) groups is 1. The number of ether oxygens (including phenoxy) is 1. The molecule has 1 aromatic carbocycles. The van der Waals surface area contributed by atoms with E-state index in [0.717, 1.165) is 5.56 Å². The van der Waals surface area contributed by atoms with E-state index in [-0.39, 0.29) is 5.82 Å². The van der Waals surface area contributed by atoms with Crippen LogP contribution >= 0.6 is 15.9 Å². The lowest BCUT2D eigenvalue weighted by Gasteiger charge is -2.05. The SMILES string of the molecule is CCOC(=O)c1[nH]ccc1-c1ccc(F)c(Br)c1. The second-order valence-electron chi connectivity index (χ2n) is 3.62. The molecule has 94 valence electrons. The molecule has 0 saturated carbocycles. The zero-order chi connectivity index (χ0) is 13.1. The first kappa shape index (κ1) is 12.8. The van der Waals surface area contributed by atoms with Crippen LogP contribution in [0.5, 0.6) is 0 Å². The van der Waals surface area contributed by atoms with E-state index in [1.54, 1.807) is 31.3 Å². The van der Waals surface area contributed by atoms with E-state index < -0.39 is 5.97 Å². The lowest BCUT2D eigenvalue weighted by Crippen LogP contribution is -2.06. The number of hydrogen-bond donors (Lipinski definition) is 1. The van der Waals surface area contributed by atoms with Crippen molar-refractivity contribution in [2.45, 2.75) is 6.92 Å². The zero-order valence-corrected chi connectivity index (χ0v) is 11.3. The number of carbonyl (C=O) groups excluding carboxylic acids is 1. The summed E-state index contributed by atoms with van der Waals surface area (Å²) in [5.41, 5.74) is 1.80. The summed E-state index contributed by atoms with van der Waals surface area (Å²) in [5, 5.41) is 0. The number of nitrogens with one attached hydrogen (secondary N) is 1. The van der Waals surface area contributed by atoms with Crippen LogP contribution in [0.15, 0.2) is 34.9 Å². The molecule has 1 aromatic heterocycles. The van der Waals surface area contributed by atoms with Gasteiger partial charge < -0.3 is 9.72 Å². The molecule has 5 heteroatoms. The van der Waals surface area contributed by atoms with E-state index in [0.29, 0.717) is 22.3 Å². The maximum Gasteiger partial charge on any atom is 0.355 e. The Hall–Kier alpha value is -1.62. The summed E-state index contributed by atoms with van der Waals surface area (Å²) in [5.74, 6) is -0.759. The van der Waals surface area contributed by atoms with Gasteiger partial charge in [-0.15, -0.1) is 0 Å². The van der Waals surface area contributed by atoms with Gasteiger partial charge in [0.25, 0.3) is 0 Å². The molecule has 0 spiro atoms. The molecule has 2 aromatic rings. The Morgan fingerprint density at radius 2 is 2.22 bits per heavy atom. The largest absolute Gasteiger partial charge is 0.461 e. The number of H-pyrrole nitrogens is 1. The molecule has 0 unspecified atom stereocenters. The van der Waals surface area contributed by atoms with Crippen LogP contribution in [0.3, 0.4) is 0 Å². The van der Waals surface area contributed by atoms with Crippen molar-refractivity contribution in [3.63, 3.8) is 0 Å². The van der Waals surface area contributed by atoms with E-state index in [1.807, 2.05) is 0 Å². The molecule has 0 amide bonds. The summed E-state index contributed by atoms with van der Waals surface area (Å²) < 4.78 is 18.5. The van der Waals surface area contributed by atoms with Crippen molar-refractivity contribution in [2.24, 2.45) is 0 Å². The fourth-order valence-electron chi connectivity index (χ4n) is 1.65. The highest BCUT2D eigenvalue weighted by atomic mass is 79.9. The maximum absolute atomic E-state index is 13.2. The molecule has 0 aliphatic heterocycles. The molecule has 0 atom stereocenters.